The Hall–Kier alpha value is -1.39. The highest BCUT2D eigenvalue weighted by Crippen LogP contribution is 2.35. The number of halogens is 1. The number of ether oxygens (including phenoxy) is 1. The molecule has 0 aliphatic heterocycles. The molecule has 19 heavy (non-hydrogen) atoms. The predicted octanol–water partition coefficient (Wildman–Crippen LogP) is 3.82. The Labute approximate surface area is 117 Å². The van der Waals surface area contributed by atoms with Gasteiger partial charge < -0.3 is 10.1 Å². The van der Waals surface area contributed by atoms with E-state index >= 15 is 0 Å². The van der Waals surface area contributed by atoms with Crippen molar-refractivity contribution < 1.29 is 9.13 Å². The van der Waals surface area contributed by atoms with Crippen LogP contribution in [0.5, 0.6) is 5.75 Å². The monoisotopic (exact) mass is 279 g/mol. The van der Waals surface area contributed by atoms with Crippen molar-refractivity contribution in [1.82, 2.24) is 5.32 Å². The molecular formula is C15H18FNOS. The van der Waals surface area contributed by atoms with Gasteiger partial charge in [0, 0.05) is 15.3 Å². The summed E-state index contributed by atoms with van der Waals surface area (Å²) in [6, 6.07) is 6.71. The van der Waals surface area contributed by atoms with Crippen molar-refractivity contribution >= 4 is 11.3 Å². The molecule has 0 fully saturated rings. The van der Waals surface area contributed by atoms with E-state index in [9.17, 15) is 4.39 Å². The van der Waals surface area contributed by atoms with Gasteiger partial charge in [-0.1, -0.05) is 0 Å². The van der Waals surface area contributed by atoms with E-state index in [-0.39, 0.29) is 11.9 Å². The lowest BCUT2D eigenvalue weighted by Crippen LogP contribution is -2.17. The van der Waals surface area contributed by atoms with Gasteiger partial charge in [-0.25, -0.2) is 4.39 Å². The van der Waals surface area contributed by atoms with Crippen LogP contribution in [0.1, 0.15) is 26.9 Å². The molecule has 2 aromatic rings. The van der Waals surface area contributed by atoms with Crippen molar-refractivity contribution in [2.45, 2.75) is 19.9 Å². The molecule has 0 aliphatic rings. The molecule has 0 bridgehead atoms. The topological polar surface area (TPSA) is 21.3 Å². The van der Waals surface area contributed by atoms with E-state index in [4.69, 9.17) is 4.74 Å². The number of rotatable bonds is 4. The molecule has 1 atom stereocenters. The van der Waals surface area contributed by atoms with Gasteiger partial charge in [0.15, 0.2) is 0 Å². The summed E-state index contributed by atoms with van der Waals surface area (Å²) >= 11 is 1.73. The van der Waals surface area contributed by atoms with Crippen LogP contribution >= 0.6 is 11.3 Å². The van der Waals surface area contributed by atoms with Crippen LogP contribution in [-0.2, 0) is 0 Å². The summed E-state index contributed by atoms with van der Waals surface area (Å²) in [6.07, 6.45) is 0. The molecule has 1 N–H and O–H groups in total. The standard InChI is InChI=1S/C15H18FNOS/c1-9-7-14(19-10(9)2)15(17-3)12-8-11(16)5-6-13(12)18-4/h5-8,15,17H,1-4H3. The van der Waals surface area contributed by atoms with Crippen LogP contribution in [0.4, 0.5) is 4.39 Å². The quantitative estimate of drug-likeness (QED) is 0.918. The number of aryl methyl sites for hydroxylation is 2. The average Bonchev–Trinajstić information content (AvgIpc) is 2.70. The van der Waals surface area contributed by atoms with E-state index in [0.717, 1.165) is 5.56 Å². The van der Waals surface area contributed by atoms with Gasteiger partial charge in [0.25, 0.3) is 0 Å². The zero-order chi connectivity index (χ0) is 14.0. The van der Waals surface area contributed by atoms with E-state index in [0.29, 0.717) is 5.75 Å². The number of benzene rings is 1. The molecular weight excluding hydrogens is 261 g/mol. The molecule has 1 heterocycles. The third-order valence-corrected chi connectivity index (χ3v) is 4.48. The Morgan fingerprint density at radius 2 is 2.00 bits per heavy atom. The van der Waals surface area contributed by atoms with Crippen LogP contribution in [-0.4, -0.2) is 14.2 Å². The number of nitrogens with one attached hydrogen (secondary N) is 1. The fourth-order valence-corrected chi connectivity index (χ4v) is 3.30. The average molecular weight is 279 g/mol. The largest absolute Gasteiger partial charge is 0.496 e. The minimum atomic E-state index is -0.249. The molecule has 102 valence electrons. The van der Waals surface area contributed by atoms with Crippen molar-refractivity contribution in [3.05, 3.63) is 51.0 Å². The summed E-state index contributed by atoms with van der Waals surface area (Å²) in [7, 11) is 3.48. The molecule has 1 aromatic carbocycles. The summed E-state index contributed by atoms with van der Waals surface area (Å²) in [5, 5.41) is 3.24. The maximum absolute atomic E-state index is 13.5. The molecule has 4 heteroatoms. The van der Waals surface area contributed by atoms with E-state index in [1.165, 1.54) is 27.5 Å². The second-order valence-corrected chi connectivity index (χ2v) is 5.78. The molecule has 1 unspecified atom stereocenters. The Bertz CT molecular complexity index is 560. The van der Waals surface area contributed by atoms with Crippen molar-refractivity contribution in [3.63, 3.8) is 0 Å². The van der Waals surface area contributed by atoms with Crippen LogP contribution in [0, 0.1) is 19.7 Å². The van der Waals surface area contributed by atoms with E-state index in [2.05, 4.69) is 25.2 Å². The highest BCUT2D eigenvalue weighted by Gasteiger charge is 2.19. The minimum absolute atomic E-state index is 0.0527. The van der Waals surface area contributed by atoms with Crippen molar-refractivity contribution in [1.29, 1.82) is 0 Å². The molecule has 1 aromatic heterocycles. The lowest BCUT2D eigenvalue weighted by Gasteiger charge is -2.18. The summed E-state index contributed by atoms with van der Waals surface area (Å²) < 4.78 is 18.8. The second kappa shape index (κ2) is 5.72. The van der Waals surface area contributed by atoms with E-state index in [1.807, 2.05) is 7.05 Å². The van der Waals surface area contributed by atoms with E-state index in [1.54, 1.807) is 24.5 Å². The second-order valence-electron chi connectivity index (χ2n) is 4.50. The number of hydrogen-bond donors (Lipinski definition) is 1. The van der Waals surface area contributed by atoms with Gasteiger partial charge in [-0.05, 0) is 50.7 Å². The van der Waals surface area contributed by atoms with E-state index < -0.39 is 0 Å². The van der Waals surface area contributed by atoms with Crippen LogP contribution in [0.2, 0.25) is 0 Å². The van der Waals surface area contributed by atoms with Gasteiger partial charge in [0.1, 0.15) is 11.6 Å². The van der Waals surface area contributed by atoms with Crippen molar-refractivity contribution in [3.8, 4) is 5.75 Å². The Morgan fingerprint density at radius 1 is 1.26 bits per heavy atom. The molecule has 0 aliphatic carbocycles. The highest BCUT2D eigenvalue weighted by molar-refractivity contribution is 7.12. The Kier molecular flexibility index (Phi) is 4.22. The van der Waals surface area contributed by atoms with Crippen molar-refractivity contribution in [2.24, 2.45) is 0 Å². The Balaban J connectivity index is 2.50. The summed E-state index contributed by atoms with van der Waals surface area (Å²) in [5.74, 6) is 0.450. The predicted molar refractivity (Wildman–Crippen MR) is 77.6 cm³/mol. The molecule has 0 amide bonds. The molecule has 0 saturated carbocycles. The van der Waals surface area contributed by atoms with Gasteiger partial charge in [0.2, 0.25) is 0 Å². The molecule has 2 nitrogen and oxygen atoms in total. The lowest BCUT2D eigenvalue weighted by molar-refractivity contribution is 0.404. The normalized spacial score (nSPS) is 12.5. The van der Waals surface area contributed by atoms with Crippen LogP contribution in [0.25, 0.3) is 0 Å². The molecule has 0 spiro atoms. The van der Waals surface area contributed by atoms with Gasteiger partial charge in [0.05, 0.1) is 13.2 Å². The van der Waals surface area contributed by atoms with Gasteiger partial charge >= 0.3 is 0 Å². The van der Waals surface area contributed by atoms with Crippen molar-refractivity contribution in [2.75, 3.05) is 14.2 Å². The zero-order valence-electron chi connectivity index (χ0n) is 11.6. The van der Waals surface area contributed by atoms with Gasteiger partial charge in [-0.3, -0.25) is 0 Å². The lowest BCUT2D eigenvalue weighted by atomic mass is 10.0. The van der Waals surface area contributed by atoms with Gasteiger partial charge in [-0.2, -0.15) is 0 Å². The number of hydrogen-bond acceptors (Lipinski definition) is 3. The van der Waals surface area contributed by atoms with Crippen LogP contribution in [0.3, 0.4) is 0 Å². The maximum Gasteiger partial charge on any atom is 0.124 e. The fourth-order valence-electron chi connectivity index (χ4n) is 2.13. The number of thiophene rings is 1. The summed E-state index contributed by atoms with van der Waals surface area (Å²) in [4.78, 5) is 2.45. The van der Waals surface area contributed by atoms with Crippen LogP contribution < -0.4 is 10.1 Å². The first-order valence-electron chi connectivity index (χ1n) is 6.14. The summed E-state index contributed by atoms with van der Waals surface area (Å²) in [5.41, 5.74) is 2.09. The molecule has 0 saturated heterocycles. The minimum Gasteiger partial charge on any atom is -0.496 e. The third-order valence-electron chi connectivity index (χ3n) is 3.26. The summed E-state index contributed by atoms with van der Waals surface area (Å²) in [6.45, 7) is 4.18. The SMILES string of the molecule is CNC(c1cc(C)c(C)s1)c1cc(F)ccc1OC. The zero-order valence-corrected chi connectivity index (χ0v) is 12.4. The molecule has 2 rings (SSSR count). The smallest absolute Gasteiger partial charge is 0.124 e. The first kappa shape index (κ1) is 14.0. The fraction of sp³-hybridized carbons (Fsp3) is 0.333. The number of methoxy groups -OCH3 is 1. The molecule has 0 radical (unpaired) electrons. The highest BCUT2D eigenvalue weighted by atomic mass is 32.1. The maximum atomic E-state index is 13.5. The van der Waals surface area contributed by atoms with Gasteiger partial charge in [-0.15, -0.1) is 11.3 Å². The first-order chi connectivity index (χ1) is 9.06. The van der Waals surface area contributed by atoms with Crippen LogP contribution in [0.15, 0.2) is 24.3 Å². The first-order valence-corrected chi connectivity index (χ1v) is 6.96. The Morgan fingerprint density at radius 3 is 2.53 bits per heavy atom. The third kappa shape index (κ3) is 2.80.